The molecule has 0 aromatic heterocycles. The van der Waals surface area contributed by atoms with E-state index in [2.05, 4.69) is 5.32 Å². The molecule has 1 saturated heterocycles. The monoisotopic (exact) mass is 279 g/mol. The van der Waals surface area contributed by atoms with Gasteiger partial charge in [0.15, 0.2) is 0 Å². The Morgan fingerprint density at radius 3 is 3.05 bits per heavy atom. The molecule has 0 spiro atoms. The summed E-state index contributed by atoms with van der Waals surface area (Å²) in [6.45, 7) is 1.39. The molecule has 2 rings (SSSR count). The summed E-state index contributed by atoms with van der Waals surface area (Å²) < 4.78 is 4.98. The van der Waals surface area contributed by atoms with Crippen molar-refractivity contribution in [1.82, 2.24) is 10.2 Å². The highest BCUT2D eigenvalue weighted by molar-refractivity contribution is 5.81. The third-order valence-corrected chi connectivity index (χ3v) is 3.22. The summed E-state index contributed by atoms with van der Waals surface area (Å²) >= 11 is 0. The van der Waals surface area contributed by atoms with Crippen LogP contribution in [0.2, 0.25) is 0 Å². The van der Waals surface area contributed by atoms with Crippen LogP contribution < -0.4 is 5.32 Å². The standard InChI is InChI=1S/C13H17N3O4/c1-20-7-3-6-15-12(17)9-14-13(15)10-4-2-5-11(8-10)16(18)19/h2,4-5,8,13-14H,3,6-7,9H2,1H3. The van der Waals surface area contributed by atoms with Crippen molar-refractivity contribution in [2.45, 2.75) is 12.6 Å². The van der Waals surface area contributed by atoms with Gasteiger partial charge in [-0.25, -0.2) is 0 Å². The molecule has 1 amide bonds. The third-order valence-electron chi connectivity index (χ3n) is 3.22. The summed E-state index contributed by atoms with van der Waals surface area (Å²) in [7, 11) is 1.61. The van der Waals surface area contributed by atoms with E-state index >= 15 is 0 Å². The zero-order chi connectivity index (χ0) is 14.5. The van der Waals surface area contributed by atoms with Gasteiger partial charge in [-0.05, 0) is 12.0 Å². The van der Waals surface area contributed by atoms with Crippen LogP contribution in [0.25, 0.3) is 0 Å². The molecule has 7 nitrogen and oxygen atoms in total. The fourth-order valence-corrected chi connectivity index (χ4v) is 2.28. The lowest BCUT2D eigenvalue weighted by atomic mass is 10.1. The van der Waals surface area contributed by atoms with Crippen LogP contribution in [-0.2, 0) is 9.53 Å². The Morgan fingerprint density at radius 2 is 2.35 bits per heavy atom. The van der Waals surface area contributed by atoms with E-state index in [1.165, 1.54) is 12.1 Å². The van der Waals surface area contributed by atoms with Gasteiger partial charge in [0.25, 0.3) is 5.69 Å². The highest BCUT2D eigenvalue weighted by Gasteiger charge is 2.31. The third kappa shape index (κ3) is 3.12. The number of nitro benzene ring substituents is 1. The number of hydrogen-bond acceptors (Lipinski definition) is 5. The lowest BCUT2D eigenvalue weighted by molar-refractivity contribution is -0.385. The summed E-state index contributed by atoms with van der Waals surface area (Å²) in [5.41, 5.74) is 0.753. The molecule has 0 saturated carbocycles. The van der Waals surface area contributed by atoms with E-state index in [1.54, 1.807) is 24.1 Å². The van der Waals surface area contributed by atoms with Crippen LogP contribution in [0.3, 0.4) is 0 Å². The van der Waals surface area contributed by atoms with Gasteiger partial charge in [0.2, 0.25) is 5.91 Å². The first kappa shape index (κ1) is 14.4. The molecular formula is C13H17N3O4. The van der Waals surface area contributed by atoms with Crippen LogP contribution >= 0.6 is 0 Å². The average molecular weight is 279 g/mol. The number of nitrogens with one attached hydrogen (secondary N) is 1. The number of ether oxygens (including phenoxy) is 1. The van der Waals surface area contributed by atoms with Crippen LogP contribution in [0.15, 0.2) is 24.3 Å². The number of carbonyl (C=O) groups is 1. The van der Waals surface area contributed by atoms with Gasteiger partial charge in [0, 0.05) is 32.4 Å². The van der Waals surface area contributed by atoms with E-state index < -0.39 is 4.92 Å². The lowest BCUT2D eigenvalue weighted by Crippen LogP contribution is -2.31. The van der Waals surface area contributed by atoms with E-state index in [9.17, 15) is 14.9 Å². The molecule has 1 aliphatic heterocycles. The molecule has 1 aromatic rings. The summed E-state index contributed by atoms with van der Waals surface area (Å²) in [6, 6.07) is 6.35. The van der Waals surface area contributed by atoms with Crippen molar-refractivity contribution in [2.75, 3.05) is 26.8 Å². The van der Waals surface area contributed by atoms with E-state index in [0.29, 0.717) is 13.2 Å². The van der Waals surface area contributed by atoms with Crippen molar-refractivity contribution in [3.05, 3.63) is 39.9 Å². The van der Waals surface area contributed by atoms with Crippen molar-refractivity contribution < 1.29 is 14.5 Å². The van der Waals surface area contributed by atoms with Crippen LogP contribution in [0.5, 0.6) is 0 Å². The maximum absolute atomic E-state index is 11.9. The topological polar surface area (TPSA) is 84.7 Å². The highest BCUT2D eigenvalue weighted by Crippen LogP contribution is 2.25. The maximum atomic E-state index is 11.9. The Kier molecular flexibility index (Phi) is 4.65. The molecule has 0 bridgehead atoms. The summed E-state index contributed by atoms with van der Waals surface area (Å²) in [5.74, 6) is -0.00221. The molecule has 1 atom stereocenters. The van der Waals surface area contributed by atoms with Crippen molar-refractivity contribution in [2.24, 2.45) is 0 Å². The second-order valence-electron chi connectivity index (χ2n) is 4.57. The SMILES string of the molecule is COCCCN1C(=O)CNC1c1cccc([N+](=O)[O-])c1. The molecular weight excluding hydrogens is 262 g/mol. The Balaban J connectivity index is 2.15. The van der Waals surface area contributed by atoms with E-state index in [4.69, 9.17) is 4.74 Å². The Labute approximate surface area is 116 Å². The number of methoxy groups -OCH3 is 1. The number of benzene rings is 1. The van der Waals surface area contributed by atoms with Crippen LogP contribution in [0.1, 0.15) is 18.2 Å². The first-order valence-electron chi connectivity index (χ1n) is 6.39. The summed E-state index contributed by atoms with van der Waals surface area (Å²) in [6.07, 6.45) is 0.425. The van der Waals surface area contributed by atoms with Gasteiger partial charge in [0.05, 0.1) is 11.5 Å². The fourth-order valence-electron chi connectivity index (χ4n) is 2.28. The highest BCUT2D eigenvalue weighted by atomic mass is 16.6. The molecule has 1 unspecified atom stereocenters. The molecule has 20 heavy (non-hydrogen) atoms. The quantitative estimate of drug-likeness (QED) is 0.478. The van der Waals surface area contributed by atoms with Gasteiger partial charge in [0.1, 0.15) is 6.17 Å². The van der Waals surface area contributed by atoms with Crippen molar-refractivity contribution in [1.29, 1.82) is 0 Å². The van der Waals surface area contributed by atoms with Crippen LogP contribution in [-0.4, -0.2) is 42.5 Å². The molecule has 7 heteroatoms. The second-order valence-corrected chi connectivity index (χ2v) is 4.57. The predicted octanol–water partition coefficient (Wildman–Crippen LogP) is 1.06. The average Bonchev–Trinajstić information content (AvgIpc) is 2.81. The fraction of sp³-hybridized carbons (Fsp3) is 0.462. The number of carbonyl (C=O) groups excluding carboxylic acids is 1. The van der Waals surface area contributed by atoms with Crippen LogP contribution in [0.4, 0.5) is 5.69 Å². The first-order valence-corrected chi connectivity index (χ1v) is 6.39. The largest absolute Gasteiger partial charge is 0.385 e. The van der Waals surface area contributed by atoms with Gasteiger partial charge >= 0.3 is 0 Å². The molecule has 1 heterocycles. The van der Waals surface area contributed by atoms with Crippen molar-refractivity contribution in [3.63, 3.8) is 0 Å². The number of nitro groups is 1. The Bertz CT molecular complexity index is 506. The molecule has 1 N–H and O–H groups in total. The van der Waals surface area contributed by atoms with E-state index in [-0.39, 0.29) is 24.3 Å². The second kappa shape index (κ2) is 6.44. The van der Waals surface area contributed by atoms with Gasteiger partial charge < -0.3 is 9.64 Å². The number of hydrogen-bond donors (Lipinski definition) is 1. The number of amides is 1. The minimum atomic E-state index is -0.435. The van der Waals surface area contributed by atoms with E-state index in [1.807, 2.05) is 0 Å². The minimum absolute atomic E-state index is 0.00221. The molecule has 108 valence electrons. The first-order chi connectivity index (χ1) is 9.63. The van der Waals surface area contributed by atoms with Crippen molar-refractivity contribution in [3.8, 4) is 0 Å². The summed E-state index contributed by atoms with van der Waals surface area (Å²) in [4.78, 5) is 23.9. The number of rotatable bonds is 6. The van der Waals surface area contributed by atoms with E-state index in [0.717, 1.165) is 12.0 Å². The normalized spacial score (nSPS) is 18.6. The molecule has 0 aliphatic carbocycles. The van der Waals surface area contributed by atoms with Gasteiger partial charge in [-0.1, -0.05) is 12.1 Å². The summed E-state index contributed by atoms with van der Waals surface area (Å²) in [5, 5.41) is 13.9. The zero-order valence-corrected chi connectivity index (χ0v) is 11.2. The van der Waals surface area contributed by atoms with Crippen LogP contribution in [0, 0.1) is 10.1 Å². The lowest BCUT2D eigenvalue weighted by Gasteiger charge is -2.24. The Hall–Kier alpha value is -1.99. The number of nitrogens with zero attached hydrogens (tertiary/aromatic N) is 2. The number of non-ortho nitro benzene ring substituents is 1. The van der Waals surface area contributed by atoms with Gasteiger partial charge in [-0.3, -0.25) is 20.2 Å². The molecule has 1 aromatic carbocycles. The minimum Gasteiger partial charge on any atom is -0.385 e. The zero-order valence-electron chi connectivity index (χ0n) is 11.2. The van der Waals surface area contributed by atoms with Gasteiger partial charge in [-0.2, -0.15) is 0 Å². The Morgan fingerprint density at radius 1 is 1.55 bits per heavy atom. The smallest absolute Gasteiger partial charge is 0.269 e. The maximum Gasteiger partial charge on any atom is 0.269 e. The molecule has 0 radical (unpaired) electrons. The molecule has 1 fully saturated rings. The van der Waals surface area contributed by atoms with Crippen molar-refractivity contribution >= 4 is 11.6 Å². The predicted molar refractivity (Wildman–Crippen MR) is 72.0 cm³/mol. The molecule has 1 aliphatic rings. The van der Waals surface area contributed by atoms with Gasteiger partial charge in [-0.15, -0.1) is 0 Å².